The van der Waals surface area contributed by atoms with Crippen molar-refractivity contribution >= 4 is 6.72 Å². The molecule has 0 radical (unpaired) electrons. The summed E-state index contributed by atoms with van der Waals surface area (Å²) in [4.78, 5) is 15.7. The van der Waals surface area contributed by atoms with Crippen molar-refractivity contribution in [2.24, 2.45) is 4.99 Å². The van der Waals surface area contributed by atoms with Crippen molar-refractivity contribution in [2.45, 2.75) is 40.3 Å². The van der Waals surface area contributed by atoms with Crippen LogP contribution in [0.4, 0.5) is 0 Å². The third kappa shape index (κ3) is 6.13. The third-order valence-electron chi connectivity index (χ3n) is 4.66. The first kappa shape index (κ1) is 21.5. The van der Waals surface area contributed by atoms with E-state index in [0.717, 1.165) is 48.9 Å². The average molecular weight is 379 g/mol. The summed E-state index contributed by atoms with van der Waals surface area (Å²) in [6.45, 7) is 12.2. The largest absolute Gasteiger partial charge is 0.495 e. The van der Waals surface area contributed by atoms with E-state index in [2.05, 4.69) is 52.6 Å². The highest BCUT2D eigenvalue weighted by Gasteiger charge is 2.14. The van der Waals surface area contributed by atoms with Gasteiger partial charge in [-0.2, -0.15) is 0 Å². The standard InChI is InChI=1S/C23H30N4O/c1-6-9-23(28-5)20(24-4)12-15-27(16-21-18(2)10-7-13-25-21)17-22-19(3)11-8-14-26-22/h6-11,13-14H,4,12,15-17H2,1-3,5H3/b9-6-,23-20+. The number of hydrogen-bond donors (Lipinski definition) is 0. The average Bonchev–Trinajstić information content (AvgIpc) is 2.70. The van der Waals surface area contributed by atoms with Gasteiger partial charge < -0.3 is 4.74 Å². The van der Waals surface area contributed by atoms with E-state index in [9.17, 15) is 0 Å². The molecule has 0 fully saturated rings. The SMILES string of the molecule is C=N/C(CCN(Cc1ncccc1C)Cc1ncccc1C)=C(\C=C/C)OC. The molecule has 0 saturated heterocycles. The maximum absolute atomic E-state index is 5.47. The summed E-state index contributed by atoms with van der Waals surface area (Å²) in [6, 6.07) is 8.13. The fraction of sp³-hybridized carbons (Fsp3) is 0.348. The summed E-state index contributed by atoms with van der Waals surface area (Å²) in [6.07, 6.45) is 8.28. The number of methoxy groups -OCH3 is 1. The van der Waals surface area contributed by atoms with Crippen molar-refractivity contribution in [1.82, 2.24) is 14.9 Å². The lowest BCUT2D eigenvalue weighted by Crippen LogP contribution is -2.26. The van der Waals surface area contributed by atoms with Crippen molar-refractivity contribution in [3.05, 3.63) is 82.8 Å². The number of aryl methyl sites for hydroxylation is 2. The molecule has 0 amide bonds. The normalized spacial score (nSPS) is 12.3. The molecule has 0 aliphatic rings. The number of allylic oxidation sites excluding steroid dienone is 2. The van der Waals surface area contributed by atoms with Crippen LogP contribution in [0.25, 0.3) is 0 Å². The summed E-state index contributed by atoms with van der Waals surface area (Å²) < 4.78 is 5.47. The van der Waals surface area contributed by atoms with Crippen LogP contribution in [0.1, 0.15) is 35.9 Å². The Labute approximate surface area is 168 Å². The van der Waals surface area contributed by atoms with Crippen LogP contribution in [0.3, 0.4) is 0 Å². The van der Waals surface area contributed by atoms with Crippen molar-refractivity contribution in [3.8, 4) is 0 Å². The zero-order valence-corrected chi connectivity index (χ0v) is 17.4. The van der Waals surface area contributed by atoms with E-state index in [1.165, 1.54) is 11.1 Å². The van der Waals surface area contributed by atoms with Gasteiger partial charge in [-0.25, -0.2) is 0 Å². The zero-order valence-electron chi connectivity index (χ0n) is 17.4. The van der Waals surface area contributed by atoms with E-state index >= 15 is 0 Å². The molecule has 5 heteroatoms. The molecule has 148 valence electrons. The Morgan fingerprint density at radius 2 is 1.68 bits per heavy atom. The van der Waals surface area contributed by atoms with Gasteiger partial charge in [0.2, 0.25) is 0 Å². The molecule has 0 N–H and O–H groups in total. The van der Waals surface area contributed by atoms with E-state index < -0.39 is 0 Å². The van der Waals surface area contributed by atoms with E-state index in [1.54, 1.807) is 7.11 Å². The minimum Gasteiger partial charge on any atom is -0.495 e. The lowest BCUT2D eigenvalue weighted by Gasteiger charge is -2.23. The Hall–Kier alpha value is -2.79. The zero-order chi connectivity index (χ0) is 20.4. The molecule has 0 bridgehead atoms. The lowest BCUT2D eigenvalue weighted by atomic mass is 10.1. The van der Waals surface area contributed by atoms with Gasteiger partial charge in [0.25, 0.3) is 0 Å². The second kappa shape index (κ2) is 11.1. The van der Waals surface area contributed by atoms with Gasteiger partial charge in [-0.15, -0.1) is 0 Å². The van der Waals surface area contributed by atoms with E-state index in [-0.39, 0.29) is 0 Å². The van der Waals surface area contributed by atoms with E-state index in [1.807, 2.05) is 43.6 Å². The number of rotatable bonds is 10. The first-order valence-corrected chi connectivity index (χ1v) is 9.49. The Balaban J connectivity index is 2.23. The van der Waals surface area contributed by atoms with Crippen LogP contribution in [-0.4, -0.2) is 35.2 Å². The first-order valence-electron chi connectivity index (χ1n) is 9.49. The Morgan fingerprint density at radius 3 is 2.11 bits per heavy atom. The molecule has 0 aromatic carbocycles. The molecule has 0 unspecified atom stereocenters. The molecule has 0 atom stereocenters. The van der Waals surface area contributed by atoms with Crippen molar-refractivity contribution in [1.29, 1.82) is 0 Å². The number of aliphatic imine (C=N–C) groups is 1. The maximum Gasteiger partial charge on any atom is 0.139 e. The summed E-state index contributed by atoms with van der Waals surface area (Å²) in [5, 5.41) is 0. The molecule has 0 aliphatic carbocycles. The van der Waals surface area contributed by atoms with Gasteiger partial charge in [-0.3, -0.25) is 19.9 Å². The van der Waals surface area contributed by atoms with Crippen LogP contribution >= 0.6 is 0 Å². The molecule has 0 saturated carbocycles. The second-order valence-corrected chi connectivity index (χ2v) is 6.67. The van der Waals surface area contributed by atoms with Crippen LogP contribution in [0.5, 0.6) is 0 Å². The molecular weight excluding hydrogens is 348 g/mol. The second-order valence-electron chi connectivity index (χ2n) is 6.67. The van der Waals surface area contributed by atoms with Crippen LogP contribution in [0.15, 0.2) is 65.3 Å². The first-order chi connectivity index (χ1) is 13.6. The minimum absolute atomic E-state index is 0.731. The van der Waals surface area contributed by atoms with Gasteiger partial charge in [-0.05, 0) is 56.8 Å². The van der Waals surface area contributed by atoms with Crippen molar-refractivity contribution in [3.63, 3.8) is 0 Å². The van der Waals surface area contributed by atoms with Crippen LogP contribution in [-0.2, 0) is 17.8 Å². The Kier molecular flexibility index (Phi) is 8.56. The summed E-state index contributed by atoms with van der Waals surface area (Å²) in [5.41, 5.74) is 5.38. The molecule has 0 spiro atoms. The van der Waals surface area contributed by atoms with Crippen molar-refractivity contribution in [2.75, 3.05) is 13.7 Å². The molecule has 2 aromatic rings. The molecule has 5 nitrogen and oxygen atoms in total. The van der Waals surface area contributed by atoms with Gasteiger partial charge >= 0.3 is 0 Å². The monoisotopic (exact) mass is 378 g/mol. The Bertz CT molecular complexity index is 795. The molecule has 2 aromatic heterocycles. The third-order valence-corrected chi connectivity index (χ3v) is 4.66. The molecule has 0 aliphatic heterocycles. The van der Waals surface area contributed by atoms with Crippen LogP contribution in [0.2, 0.25) is 0 Å². The topological polar surface area (TPSA) is 50.6 Å². The molecular formula is C23H30N4O. The number of ether oxygens (including phenoxy) is 1. The highest BCUT2D eigenvalue weighted by molar-refractivity contribution is 5.32. The summed E-state index contributed by atoms with van der Waals surface area (Å²) in [5.74, 6) is 0.750. The summed E-state index contributed by atoms with van der Waals surface area (Å²) in [7, 11) is 1.66. The van der Waals surface area contributed by atoms with Gasteiger partial charge in [0.15, 0.2) is 0 Å². The van der Waals surface area contributed by atoms with Crippen molar-refractivity contribution < 1.29 is 4.74 Å². The fourth-order valence-electron chi connectivity index (χ4n) is 2.98. The van der Waals surface area contributed by atoms with Crippen LogP contribution in [0, 0.1) is 13.8 Å². The van der Waals surface area contributed by atoms with Gasteiger partial charge in [0.1, 0.15) is 5.76 Å². The molecule has 2 rings (SSSR count). The van der Waals surface area contributed by atoms with Gasteiger partial charge in [-0.1, -0.05) is 18.2 Å². The summed E-state index contributed by atoms with van der Waals surface area (Å²) >= 11 is 0. The number of pyridine rings is 2. The quantitative estimate of drug-likeness (QED) is 0.344. The predicted octanol–water partition coefficient (Wildman–Crippen LogP) is 4.62. The Morgan fingerprint density at radius 1 is 1.11 bits per heavy atom. The lowest BCUT2D eigenvalue weighted by molar-refractivity contribution is 0.248. The smallest absolute Gasteiger partial charge is 0.139 e. The van der Waals surface area contributed by atoms with Gasteiger partial charge in [0, 0.05) is 38.4 Å². The van der Waals surface area contributed by atoms with Crippen LogP contribution < -0.4 is 0 Å². The minimum atomic E-state index is 0.731. The number of nitrogens with zero attached hydrogens (tertiary/aromatic N) is 4. The molecule has 2 heterocycles. The highest BCUT2D eigenvalue weighted by Crippen LogP contribution is 2.17. The number of hydrogen-bond acceptors (Lipinski definition) is 5. The predicted molar refractivity (Wildman–Crippen MR) is 115 cm³/mol. The highest BCUT2D eigenvalue weighted by atomic mass is 16.5. The maximum atomic E-state index is 5.47. The number of aromatic nitrogens is 2. The van der Waals surface area contributed by atoms with Gasteiger partial charge in [0.05, 0.1) is 24.2 Å². The fourth-order valence-corrected chi connectivity index (χ4v) is 2.98. The van der Waals surface area contributed by atoms with E-state index in [0.29, 0.717) is 0 Å². The molecule has 28 heavy (non-hydrogen) atoms. The van der Waals surface area contributed by atoms with E-state index in [4.69, 9.17) is 4.74 Å².